The van der Waals surface area contributed by atoms with Gasteiger partial charge in [-0.15, -0.1) is 12.4 Å². The van der Waals surface area contributed by atoms with Gasteiger partial charge in [0.2, 0.25) is 0 Å². The van der Waals surface area contributed by atoms with Gasteiger partial charge in [0.05, 0.1) is 11.7 Å². The van der Waals surface area contributed by atoms with E-state index < -0.39 is 18.3 Å². The molecule has 3 rings (SSSR count). The van der Waals surface area contributed by atoms with Gasteiger partial charge in [0.15, 0.2) is 0 Å². The van der Waals surface area contributed by atoms with Gasteiger partial charge in [-0.25, -0.2) is 9.18 Å². The van der Waals surface area contributed by atoms with Crippen LogP contribution >= 0.6 is 12.4 Å². The van der Waals surface area contributed by atoms with Crippen molar-refractivity contribution >= 4 is 18.4 Å². The van der Waals surface area contributed by atoms with Crippen molar-refractivity contribution in [3.8, 4) is 0 Å². The van der Waals surface area contributed by atoms with Gasteiger partial charge in [0.1, 0.15) is 12.8 Å². The third-order valence-electron chi connectivity index (χ3n) is 4.67. The Balaban J connectivity index is 0.00000192. The van der Waals surface area contributed by atoms with E-state index in [1.54, 1.807) is 12.1 Å². The summed E-state index contributed by atoms with van der Waals surface area (Å²) in [6.07, 6.45) is -1.17. The monoisotopic (exact) mass is 344 g/mol. The molecule has 2 heterocycles. The highest BCUT2D eigenvalue weighted by Gasteiger charge is 2.29. The highest BCUT2D eigenvalue weighted by Crippen LogP contribution is 2.29. The fourth-order valence-electron chi connectivity index (χ4n) is 3.22. The summed E-state index contributed by atoms with van der Waals surface area (Å²) in [5.74, 6) is -0.315. The second-order valence-corrected chi connectivity index (χ2v) is 6.13. The second kappa shape index (κ2) is 7.13. The van der Waals surface area contributed by atoms with E-state index in [1.165, 1.54) is 0 Å². The first kappa shape index (κ1) is 18.1. The molecule has 23 heavy (non-hydrogen) atoms. The molecule has 0 amide bonds. The van der Waals surface area contributed by atoms with Crippen molar-refractivity contribution in [1.29, 1.82) is 0 Å². The standard InChI is InChI=1S/C16H21FN2O3.ClH/c1-9-10(2-3-11-12(9)8-22-16(11)21)15(20)7-19-5-4-14(18)13(17)6-19;/h2-3,13-15,20H,4-8,18H2,1H3;1H/t13?,14?,15-;/m0./s1. The van der Waals surface area contributed by atoms with Crippen LogP contribution in [0.4, 0.5) is 4.39 Å². The van der Waals surface area contributed by atoms with Crippen molar-refractivity contribution in [3.05, 3.63) is 34.4 Å². The molecule has 2 aliphatic heterocycles. The molecule has 0 saturated carbocycles. The van der Waals surface area contributed by atoms with E-state index in [0.717, 1.165) is 16.7 Å². The summed E-state index contributed by atoms with van der Waals surface area (Å²) in [4.78, 5) is 13.4. The Morgan fingerprint density at radius 3 is 2.96 bits per heavy atom. The summed E-state index contributed by atoms with van der Waals surface area (Å²) in [6.45, 7) is 3.44. The Bertz CT molecular complexity index is 599. The molecule has 1 saturated heterocycles. The molecule has 0 aliphatic carbocycles. The molecule has 7 heteroatoms. The van der Waals surface area contributed by atoms with Crippen LogP contribution in [0.3, 0.4) is 0 Å². The molecule has 3 atom stereocenters. The van der Waals surface area contributed by atoms with Gasteiger partial charge in [-0.05, 0) is 37.1 Å². The average molecular weight is 345 g/mol. The average Bonchev–Trinajstić information content (AvgIpc) is 2.86. The first-order chi connectivity index (χ1) is 10.5. The van der Waals surface area contributed by atoms with Crippen LogP contribution in [0, 0.1) is 6.92 Å². The van der Waals surface area contributed by atoms with Gasteiger partial charge >= 0.3 is 5.97 Å². The Kier molecular flexibility index (Phi) is 5.62. The minimum Gasteiger partial charge on any atom is -0.457 e. The number of carbonyl (C=O) groups excluding carboxylic acids is 1. The fourth-order valence-corrected chi connectivity index (χ4v) is 3.22. The summed E-state index contributed by atoms with van der Waals surface area (Å²) in [6, 6.07) is 3.05. The summed E-state index contributed by atoms with van der Waals surface area (Å²) in [5.41, 5.74) is 8.72. The molecule has 1 aromatic carbocycles. The Morgan fingerprint density at radius 2 is 2.26 bits per heavy atom. The maximum absolute atomic E-state index is 13.7. The van der Waals surface area contributed by atoms with Crippen molar-refractivity contribution in [2.24, 2.45) is 5.73 Å². The van der Waals surface area contributed by atoms with E-state index in [-0.39, 0.29) is 31.5 Å². The summed E-state index contributed by atoms with van der Waals surface area (Å²) in [7, 11) is 0. The van der Waals surface area contributed by atoms with E-state index in [2.05, 4.69) is 0 Å². The lowest BCUT2D eigenvalue weighted by atomic mass is 9.94. The maximum atomic E-state index is 13.7. The van der Waals surface area contributed by atoms with Crippen molar-refractivity contribution in [3.63, 3.8) is 0 Å². The predicted molar refractivity (Wildman–Crippen MR) is 86.4 cm³/mol. The molecule has 0 spiro atoms. The first-order valence-corrected chi connectivity index (χ1v) is 7.57. The zero-order valence-corrected chi connectivity index (χ0v) is 13.8. The highest BCUT2D eigenvalue weighted by atomic mass is 35.5. The number of rotatable bonds is 3. The van der Waals surface area contributed by atoms with E-state index >= 15 is 0 Å². The number of cyclic esters (lactones) is 1. The zero-order valence-electron chi connectivity index (χ0n) is 13.0. The quantitative estimate of drug-likeness (QED) is 0.813. The molecular weight excluding hydrogens is 323 g/mol. The number of halogens is 2. The molecule has 0 aromatic heterocycles. The fraction of sp³-hybridized carbons (Fsp3) is 0.562. The normalized spacial score (nSPS) is 25.5. The van der Waals surface area contributed by atoms with Crippen LogP contribution in [0.1, 0.15) is 39.6 Å². The second-order valence-electron chi connectivity index (χ2n) is 6.13. The number of alkyl halides is 1. The smallest absolute Gasteiger partial charge is 0.338 e. The van der Waals surface area contributed by atoms with Crippen LogP contribution < -0.4 is 5.73 Å². The number of ether oxygens (including phenoxy) is 1. The van der Waals surface area contributed by atoms with Gasteiger partial charge in [-0.3, -0.25) is 4.90 Å². The number of fused-ring (bicyclic) bond motifs is 1. The third kappa shape index (κ3) is 3.50. The number of hydrogen-bond donors (Lipinski definition) is 2. The van der Waals surface area contributed by atoms with Crippen LogP contribution in [0.25, 0.3) is 0 Å². The van der Waals surface area contributed by atoms with Crippen molar-refractivity contribution in [2.75, 3.05) is 19.6 Å². The number of carbonyl (C=O) groups is 1. The SMILES string of the molecule is Cc1c([C@@H](O)CN2CCC(N)C(F)C2)ccc2c1COC2=O.Cl. The van der Waals surface area contributed by atoms with E-state index in [9.17, 15) is 14.3 Å². The summed E-state index contributed by atoms with van der Waals surface area (Å²) < 4.78 is 18.7. The highest BCUT2D eigenvalue weighted by molar-refractivity contribution is 5.93. The summed E-state index contributed by atoms with van der Waals surface area (Å²) in [5, 5.41) is 10.5. The van der Waals surface area contributed by atoms with Crippen LogP contribution in [0.15, 0.2) is 12.1 Å². The lowest BCUT2D eigenvalue weighted by Crippen LogP contribution is -2.49. The lowest BCUT2D eigenvalue weighted by Gasteiger charge is -2.34. The maximum Gasteiger partial charge on any atom is 0.338 e. The van der Waals surface area contributed by atoms with Gasteiger partial charge in [0.25, 0.3) is 0 Å². The molecule has 0 radical (unpaired) electrons. The lowest BCUT2D eigenvalue weighted by molar-refractivity contribution is 0.0535. The van der Waals surface area contributed by atoms with Crippen LogP contribution in [-0.2, 0) is 11.3 Å². The van der Waals surface area contributed by atoms with Gasteiger partial charge in [-0.1, -0.05) is 6.07 Å². The summed E-state index contributed by atoms with van der Waals surface area (Å²) >= 11 is 0. The number of piperidine rings is 1. The van der Waals surface area contributed by atoms with Gasteiger partial charge < -0.3 is 15.6 Å². The molecule has 2 unspecified atom stereocenters. The molecule has 3 N–H and O–H groups in total. The number of benzene rings is 1. The van der Waals surface area contributed by atoms with Crippen molar-refractivity contribution < 1.29 is 19.0 Å². The largest absolute Gasteiger partial charge is 0.457 e. The van der Waals surface area contributed by atoms with Crippen molar-refractivity contribution in [2.45, 2.75) is 38.3 Å². The molecule has 0 bridgehead atoms. The van der Waals surface area contributed by atoms with E-state index in [0.29, 0.717) is 25.1 Å². The number of esters is 1. The minimum absolute atomic E-state index is 0. The van der Waals surface area contributed by atoms with Gasteiger partial charge in [-0.2, -0.15) is 0 Å². The number of aliphatic hydroxyl groups is 1. The van der Waals surface area contributed by atoms with Crippen molar-refractivity contribution in [1.82, 2.24) is 4.90 Å². The molecule has 2 aliphatic rings. The zero-order chi connectivity index (χ0) is 15.9. The number of nitrogens with two attached hydrogens (primary N) is 1. The van der Waals surface area contributed by atoms with E-state index in [4.69, 9.17) is 10.5 Å². The van der Waals surface area contributed by atoms with Crippen LogP contribution in [-0.4, -0.2) is 47.8 Å². The molecule has 5 nitrogen and oxygen atoms in total. The Morgan fingerprint density at radius 1 is 1.52 bits per heavy atom. The first-order valence-electron chi connectivity index (χ1n) is 7.57. The van der Waals surface area contributed by atoms with Crippen LogP contribution in [0.5, 0.6) is 0 Å². The Labute approximate surface area is 141 Å². The van der Waals surface area contributed by atoms with Crippen LogP contribution in [0.2, 0.25) is 0 Å². The minimum atomic E-state index is -1.05. The Hall–Kier alpha value is -1.21. The molecule has 1 aromatic rings. The van der Waals surface area contributed by atoms with Gasteiger partial charge in [0, 0.05) is 24.7 Å². The molecular formula is C16H22ClFN2O3. The predicted octanol–water partition coefficient (Wildman–Crippen LogP) is 1.49. The topological polar surface area (TPSA) is 75.8 Å². The molecule has 1 fully saturated rings. The number of likely N-dealkylation sites (tertiary alicyclic amines) is 1. The van der Waals surface area contributed by atoms with E-state index in [1.807, 2.05) is 11.8 Å². The third-order valence-corrected chi connectivity index (χ3v) is 4.67. The number of aliphatic hydroxyl groups excluding tert-OH is 1. The number of nitrogens with zero attached hydrogens (tertiary/aromatic N) is 1. The number of β-amino-alcohol motifs (C(OH)–C–C–N with tert-alkyl or cyclic N) is 1. The number of hydrogen-bond acceptors (Lipinski definition) is 5. The molecule has 128 valence electrons.